The zero-order valence-corrected chi connectivity index (χ0v) is 13.5. The van der Waals surface area contributed by atoms with E-state index in [1.807, 2.05) is 0 Å². The van der Waals surface area contributed by atoms with Crippen molar-refractivity contribution in [2.75, 3.05) is 13.1 Å². The maximum atomic E-state index is 3.48. The molecule has 20 heavy (non-hydrogen) atoms. The van der Waals surface area contributed by atoms with Crippen LogP contribution in [-0.4, -0.2) is 19.1 Å². The Morgan fingerprint density at radius 1 is 1.10 bits per heavy atom. The lowest BCUT2D eigenvalue weighted by atomic mass is 9.84. The summed E-state index contributed by atoms with van der Waals surface area (Å²) in [6, 6.07) is 9.96. The van der Waals surface area contributed by atoms with E-state index in [1.54, 1.807) is 0 Å². The Bertz CT molecular complexity index is 419. The van der Waals surface area contributed by atoms with Crippen LogP contribution in [0.3, 0.4) is 0 Å². The van der Waals surface area contributed by atoms with Gasteiger partial charge >= 0.3 is 0 Å². The molecule has 3 unspecified atom stereocenters. The summed E-state index contributed by atoms with van der Waals surface area (Å²) in [5, 5.41) is 3.48. The van der Waals surface area contributed by atoms with E-state index in [1.165, 1.54) is 11.1 Å². The predicted octanol–water partition coefficient (Wildman–Crippen LogP) is 2.75. The Morgan fingerprint density at radius 3 is 2.30 bits per heavy atom. The van der Waals surface area contributed by atoms with Crippen LogP contribution in [-0.2, 0) is 5.41 Å². The molecular formula is C17H29N3. The van der Waals surface area contributed by atoms with Gasteiger partial charge in [0.1, 0.15) is 0 Å². The predicted molar refractivity (Wildman–Crippen MR) is 85.7 cm³/mol. The van der Waals surface area contributed by atoms with Gasteiger partial charge in [0.05, 0.1) is 6.04 Å². The van der Waals surface area contributed by atoms with E-state index in [0.29, 0.717) is 18.0 Å². The lowest BCUT2D eigenvalue weighted by Crippen LogP contribution is -2.32. The van der Waals surface area contributed by atoms with E-state index in [0.717, 1.165) is 13.1 Å². The molecule has 1 fully saturated rings. The second kappa shape index (κ2) is 6.25. The zero-order chi connectivity index (χ0) is 14.8. The standard InChI is InChI=1S/C17H29N3/c1-6-18-11-15-12(2)19-20-16(15)13-7-9-14(10-8-13)17(3,4)5/h7-10,12,15-16,18-20H,6,11H2,1-5H3. The van der Waals surface area contributed by atoms with Crippen molar-refractivity contribution in [2.24, 2.45) is 5.92 Å². The number of nitrogens with one attached hydrogen (secondary N) is 3. The van der Waals surface area contributed by atoms with Crippen molar-refractivity contribution in [1.82, 2.24) is 16.2 Å². The van der Waals surface area contributed by atoms with Crippen LogP contribution >= 0.6 is 0 Å². The number of rotatable bonds is 4. The molecule has 3 atom stereocenters. The summed E-state index contributed by atoms with van der Waals surface area (Å²) in [5.74, 6) is 0.579. The highest BCUT2D eigenvalue weighted by Gasteiger charge is 2.33. The minimum atomic E-state index is 0.219. The maximum absolute atomic E-state index is 3.48. The van der Waals surface area contributed by atoms with Crippen molar-refractivity contribution in [3.8, 4) is 0 Å². The number of hydrogen-bond donors (Lipinski definition) is 3. The molecule has 0 radical (unpaired) electrons. The molecule has 0 amide bonds. The largest absolute Gasteiger partial charge is 0.317 e. The van der Waals surface area contributed by atoms with Crippen molar-refractivity contribution in [3.05, 3.63) is 35.4 Å². The van der Waals surface area contributed by atoms with E-state index in [9.17, 15) is 0 Å². The van der Waals surface area contributed by atoms with Crippen molar-refractivity contribution in [3.63, 3.8) is 0 Å². The molecule has 1 saturated heterocycles. The van der Waals surface area contributed by atoms with Gasteiger partial charge in [0, 0.05) is 18.5 Å². The summed E-state index contributed by atoms with van der Waals surface area (Å²) < 4.78 is 0. The van der Waals surface area contributed by atoms with Crippen LogP contribution in [0.2, 0.25) is 0 Å². The average Bonchev–Trinajstić information content (AvgIpc) is 2.77. The van der Waals surface area contributed by atoms with Gasteiger partial charge in [-0.05, 0) is 30.0 Å². The zero-order valence-electron chi connectivity index (χ0n) is 13.5. The van der Waals surface area contributed by atoms with Crippen LogP contribution in [0.25, 0.3) is 0 Å². The van der Waals surface area contributed by atoms with Crippen molar-refractivity contribution < 1.29 is 0 Å². The minimum Gasteiger partial charge on any atom is -0.317 e. The molecule has 1 aromatic rings. The molecule has 0 saturated carbocycles. The van der Waals surface area contributed by atoms with Gasteiger partial charge in [-0.15, -0.1) is 0 Å². The second-order valence-corrected chi connectivity index (χ2v) is 6.90. The van der Waals surface area contributed by atoms with Crippen LogP contribution < -0.4 is 16.2 Å². The molecule has 3 heteroatoms. The van der Waals surface area contributed by atoms with Gasteiger partial charge in [-0.3, -0.25) is 5.43 Å². The molecule has 3 nitrogen and oxygen atoms in total. The first-order valence-corrected chi connectivity index (χ1v) is 7.75. The first-order chi connectivity index (χ1) is 9.43. The molecule has 112 valence electrons. The fraction of sp³-hybridized carbons (Fsp3) is 0.647. The van der Waals surface area contributed by atoms with Crippen LogP contribution in [0.15, 0.2) is 24.3 Å². The molecule has 1 aliphatic heterocycles. The summed E-state index contributed by atoms with van der Waals surface area (Å²) in [6.07, 6.45) is 0. The van der Waals surface area contributed by atoms with Gasteiger partial charge < -0.3 is 5.32 Å². The van der Waals surface area contributed by atoms with Gasteiger partial charge in [-0.25, -0.2) is 5.43 Å². The van der Waals surface area contributed by atoms with Crippen LogP contribution in [0.5, 0.6) is 0 Å². The lowest BCUT2D eigenvalue weighted by Gasteiger charge is -2.23. The van der Waals surface area contributed by atoms with E-state index < -0.39 is 0 Å². The monoisotopic (exact) mass is 275 g/mol. The van der Waals surface area contributed by atoms with Gasteiger partial charge in [-0.2, -0.15) is 0 Å². The van der Waals surface area contributed by atoms with Gasteiger partial charge in [0.25, 0.3) is 0 Å². The van der Waals surface area contributed by atoms with Crippen molar-refractivity contribution >= 4 is 0 Å². The highest BCUT2D eigenvalue weighted by atomic mass is 15.4. The van der Waals surface area contributed by atoms with E-state index in [4.69, 9.17) is 0 Å². The number of hydrazine groups is 1. The fourth-order valence-electron chi connectivity index (χ4n) is 2.85. The first-order valence-electron chi connectivity index (χ1n) is 7.75. The average molecular weight is 275 g/mol. The summed E-state index contributed by atoms with van der Waals surface area (Å²) in [5.41, 5.74) is 9.82. The lowest BCUT2D eigenvalue weighted by molar-refractivity contribution is 0.408. The molecule has 2 rings (SSSR count). The Balaban J connectivity index is 2.13. The molecule has 1 aliphatic rings. The highest BCUT2D eigenvalue weighted by Crippen LogP contribution is 2.30. The van der Waals surface area contributed by atoms with E-state index >= 15 is 0 Å². The summed E-state index contributed by atoms with van der Waals surface area (Å²) in [6.45, 7) is 13.3. The quantitative estimate of drug-likeness (QED) is 0.791. The smallest absolute Gasteiger partial charge is 0.0518 e. The molecule has 0 spiro atoms. The third-order valence-electron chi connectivity index (χ3n) is 4.30. The molecule has 3 N–H and O–H groups in total. The van der Waals surface area contributed by atoms with Crippen molar-refractivity contribution in [1.29, 1.82) is 0 Å². The Morgan fingerprint density at radius 2 is 1.75 bits per heavy atom. The second-order valence-electron chi connectivity index (χ2n) is 6.90. The Hall–Kier alpha value is -0.900. The maximum Gasteiger partial charge on any atom is 0.0518 e. The summed E-state index contributed by atoms with van der Waals surface area (Å²) in [7, 11) is 0. The summed E-state index contributed by atoms with van der Waals surface area (Å²) >= 11 is 0. The van der Waals surface area contributed by atoms with Crippen LogP contribution in [0, 0.1) is 5.92 Å². The van der Waals surface area contributed by atoms with Crippen LogP contribution in [0.1, 0.15) is 51.8 Å². The SMILES string of the molecule is CCNCC1C(C)NNC1c1ccc(C(C)(C)C)cc1. The number of benzene rings is 1. The molecule has 1 aromatic carbocycles. The van der Waals surface area contributed by atoms with E-state index in [2.05, 4.69) is 75.1 Å². The summed E-state index contributed by atoms with van der Waals surface area (Å²) in [4.78, 5) is 0. The third kappa shape index (κ3) is 3.40. The minimum absolute atomic E-state index is 0.219. The highest BCUT2D eigenvalue weighted by molar-refractivity contribution is 5.30. The Labute approximate surface area is 123 Å². The molecule has 1 heterocycles. The van der Waals surface area contributed by atoms with Gasteiger partial charge in [0.2, 0.25) is 0 Å². The number of hydrogen-bond acceptors (Lipinski definition) is 3. The van der Waals surface area contributed by atoms with Gasteiger partial charge in [0.15, 0.2) is 0 Å². The normalized spacial score (nSPS) is 26.9. The Kier molecular flexibility index (Phi) is 4.84. The topological polar surface area (TPSA) is 36.1 Å². The van der Waals surface area contributed by atoms with Gasteiger partial charge in [-0.1, -0.05) is 52.0 Å². The molecular weight excluding hydrogens is 246 g/mol. The first kappa shape index (κ1) is 15.5. The molecule has 0 bridgehead atoms. The van der Waals surface area contributed by atoms with Crippen LogP contribution in [0.4, 0.5) is 0 Å². The van der Waals surface area contributed by atoms with E-state index in [-0.39, 0.29) is 5.41 Å². The molecule has 0 aromatic heterocycles. The molecule has 0 aliphatic carbocycles. The third-order valence-corrected chi connectivity index (χ3v) is 4.30. The fourth-order valence-corrected chi connectivity index (χ4v) is 2.85. The van der Waals surface area contributed by atoms with Crippen molar-refractivity contribution in [2.45, 2.75) is 52.1 Å².